The Kier molecular flexibility index (Phi) is 3.79. The van der Waals surface area contributed by atoms with E-state index in [0.29, 0.717) is 18.6 Å². The monoisotopic (exact) mass is 226 g/mol. The first-order valence-corrected chi connectivity index (χ1v) is 6.61. The Morgan fingerprint density at radius 3 is 2.56 bits per heavy atom. The summed E-state index contributed by atoms with van der Waals surface area (Å²) in [6, 6.07) is 0.772. The average molecular weight is 226 g/mol. The molecule has 0 bridgehead atoms. The van der Waals surface area contributed by atoms with Crippen LogP contribution in [-0.2, 0) is 0 Å². The standard InChI is InChI=1S/C12H22N2O2/c1-2-10-8-12(14(15)16)9-13(10)11-6-4-3-5-7-11/h10-12H,2-9H2,1H3. The van der Waals surface area contributed by atoms with Crippen LogP contribution in [0.3, 0.4) is 0 Å². The molecule has 0 aromatic heterocycles. The van der Waals surface area contributed by atoms with Gasteiger partial charge < -0.3 is 0 Å². The number of rotatable bonds is 3. The van der Waals surface area contributed by atoms with Crippen LogP contribution in [0, 0.1) is 10.1 Å². The van der Waals surface area contributed by atoms with Crippen LogP contribution in [0.25, 0.3) is 0 Å². The minimum Gasteiger partial charge on any atom is -0.291 e. The van der Waals surface area contributed by atoms with Crippen LogP contribution in [-0.4, -0.2) is 34.5 Å². The second-order valence-electron chi connectivity index (χ2n) is 5.23. The van der Waals surface area contributed by atoms with Crippen LogP contribution >= 0.6 is 0 Å². The maximum absolute atomic E-state index is 10.9. The van der Waals surface area contributed by atoms with Crippen molar-refractivity contribution in [3.05, 3.63) is 10.1 Å². The fourth-order valence-electron chi connectivity index (χ4n) is 3.33. The van der Waals surface area contributed by atoms with Gasteiger partial charge in [0.2, 0.25) is 6.04 Å². The molecular weight excluding hydrogens is 204 g/mol. The lowest BCUT2D eigenvalue weighted by atomic mass is 9.93. The molecule has 92 valence electrons. The second kappa shape index (κ2) is 5.13. The number of hydrogen-bond acceptors (Lipinski definition) is 3. The van der Waals surface area contributed by atoms with Crippen LogP contribution in [0.5, 0.6) is 0 Å². The molecule has 0 aromatic rings. The Hall–Kier alpha value is -0.640. The third-order valence-electron chi connectivity index (χ3n) is 4.25. The summed E-state index contributed by atoms with van der Waals surface area (Å²) in [4.78, 5) is 13.2. The Bertz CT molecular complexity index is 251. The summed E-state index contributed by atoms with van der Waals surface area (Å²) in [5.74, 6) is 0. The average Bonchev–Trinajstić information content (AvgIpc) is 2.74. The summed E-state index contributed by atoms with van der Waals surface area (Å²) in [6.07, 6.45) is 8.28. The van der Waals surface area contributed by atoms with Crippen molar-refractivity contribution in [1.29, 1.82) is 0 Å². The predicted octanol–water partition coefficient (Wildman–Crippen LogP) is 2.45. The van der Waals surface area contributed by atoms with Crippen molar-refractivity contribution in [1.82, 2.24) is 4.90 Å². The molecule has 4 nitrogen and oxygen atoms in total. The van der Waals surface area contributed by atoms with E-state index in [-0.39, 0.29) is 11.0 Å². The van der Waals surface area contributed by atoms with Crippen molar-refractivity contribution in [2.24, 2.45) is 0 Å². The molecule has 1 aliphatic carbocycles. The quantitative estimate of drug-likeness (QED) is 0.548. The summed E-state index contributed by atoms with van der Waals surface area (Å²) in [5.41, 5.74) is 0. The van der Waals surface area contributed by atoms with Gasteiger partial charge in [-0.15, -0.1) is 0 Å². The normalized spacial score (nSPS) is 33.1. The van der Waals surface area contributed by atoms with Crippen molar-refractivity contribution < 1.29 is 4.92 Å². The number of hydrogen-bond donors (Lipinski definition) is 0. The fraction of sp³-hybridized carbons (Fsp3) is 1.00. The van der Waals surface area contributed by atoms with Crippen LogP contribution in [0.4, 0.5) is 0 Å². The van der Waals surface area contributed by atoms with Crippen molar-refractivity contribution in [3.8, 4) is 0 Å². The van der Waals surface area contributed by atoms with E-state index in [1.165, 1.54) is 32.1 Å². The third kappa shape index (κ3) is 2.37. The Labute approximate surface area is 97.2 Å². The number of nitrogens with zero attached hydrogens (tertiary/aromatic N) is 2. The molecule has 2 atom stereocenters. The maximum atomic E-state index is 10.9. The van der Waals surface area contributed by atoms with Crippen LogP contribution < -0.4 is 0 Å². The zero-order chi connectivity index (χ0) is 11.5. The highest BCUT2D eigenvalue weighted by Crippen LogP contribution is 2.31. The van der Waals surface area contributed by atoms with E-state index in [2.05, 4.69) is 11.8 Å². The van der Waals surface area contributed by atoms with Crippen LogP contribution in [0.2, 0.25) is 0 Å². The molecule has 2 fully saturated rings. The maximum Gasteiger partial charge on any atom is 0.227 e. The molecule has 16 heavy (non-hydrogen) atoms. The van der Waals surface area contributed by atoms with Crippen molar-refractivity contribution in [2.45, 2.75) is 70.0 Å². The molecule has 1 aliphatic heterocycles. The second-order valence-corrected chi connectivity index (χ2v) is 5.23. The molecule has 0 N–H and O–H groups in total. The van der Waals surface area contributed by atoms with Crippen molar-refractivity contribution >= 4 is 0 Å². The van der Waals surface area contributed by atoms with E-state index < -0.39 is 0 Å². The largest absolute Gasteiger partial charge is 0.291 e. The highest BCUT2D eigenvalue weighted by Gasteiger charge is 2.41. The molecule has 1 saturated heterocycles. The smallest absolute Gasteiger partial charge is 0.227 e. The lowest BCUT2D eigenvalue weighted by Crippen LogP contribution is -2.40. The van der Waals surface area contributed by atoms with Gasteiger partial charge >= 0.3 is 0 Å². The Morgan fingerprint density at radius 2 is 2.00 bits per heavy atom. The van der Waals surface area contributed by atoms with Gasteiger partial charge in [0, 0.05) is 23.4 Å². The topological polar surface area (TPSA) is 46.4 Å². The summed E-state index contributed by atoms with van der Waals surface area (Å²) in [6.45, 7) is 2.85. The minimum absolute atomic E-state index is 0.0779. The molecule has 0 spiro atoms. The SMILES string of the molecule is CCC1CC([N+](=O)[O-])CN1C1CCCCC1. The first-order valence-electron chi connectivity index (χ1n) is 6.61. The third-order valence-corrected chi connectivity index (χ3v) is 4.25. The van der Waals surface area contributed by atoms with Crippen molar-refractivity contribution in [3.63, 3.8) is 0 Å². The van der Waals surface area contributed by atoms with E-state index in [1.807, 2.05) is 0 Å². The molecular formula is C12H22N2O2. The van der Waals surface area contributed by atoms with Crippen molar-refractivity contribution in [2.75, 3.05) is 6.54 Å². The zero-order valence-electron chi connectivity index (χ0n) is 10.1. The number of likely N-dealkylation sites (tertiary alicyclic amines) is 1. The van der Waals surface area contributed by atoms with Gasteiger partial charge in [-0.1, -0.05) is 26.2 Å². The molecule has 2 unspecified atom stereocenters. The van der Waals surface area contributed by atoms with Crippen LogP contribution in [0.15, 0.2) is 0 Å². The van der Waals surface area contributed by atoms with Gasteiger partial charge in [0.25, 0.3) is 0 Å². The fourth-order valence-corrected chi connectivity index (χ4v) is 3.33. The molecule has 0 amide bonds. The van der Waals surface area contributed by atoms with Gasteiger partial charge in [-0.05, 0) is 19.3 Å². The van der Waals surface area contributed by atoms with Gasteiger partial charge in [0.05, 0.1) is 6.54 Å². The summed E-state index contributed by atoms with van der Waals surface area (Å²) in [5, 5.41) is 10.9. The first-order chi connectivity index (χ1) is 7.72. The van der Waals surface area contributed by atoms with E-state index in [1.54, 1.807) is 0 Å². The highest BCUT2D eigenvalue weighted by atomic mass is 16.6. The number of nitro groups is 1. The van der Waals surface area contributed by atoms with Crippen LogP contribution in [0.1, 0.15) is 51.9 Å². The zero-order valence-corrected chi connectivity index (χ0v) is 10.1. The van der Waals surface area contributed by atoms with E-state index >= 15 is 0 Å². The molecule has 2 aliphatic rings. The van der Waals surface area contributed by atoms with Gasteiger partial charge in [0.15, 0.2) is 0 Å². The molecule has 0 radical (unpaired) electrons. The van der Waals surface area contributed by atoms with Gasteiger partial charge in [-0.3, -0.25) is 15.0 Å². The lowest BCUT2D eigenvalue weighted by Gasteiger charge is -2.34. The summed E-state index contributed by atoms with van der Waals surface area (Å²) in [7, 11) is 0. The molecule has 0 aromatic carbocycles. The minimum atomic E-state index is -0.313. The Morgan fingerprint density at radius 1 is 1.31 bits per heavy atom. The highest BCUT2D eigenvalue weighted by molar-refractivity contribution is 4.90. The predicted molar refractivity (Wildman–Crippen MR) is 63.1 cm³/mol. The van der Waals surface area contributed by atoms with Gasteiger partial charge in [-0.25, -0.2) is 0 Å². The first kappa shape index (κ1) is 11.8. The molecule has 4 heteroatoms. The van der Waals surface area contributed by atoms with Gasteiger partial charge in [0.1, 0.15) is 0 Å². The van der Waals surface area contributed by atoms with E-state index in [0.717, 1.165) is 12.8 Å². The van der Waals surface area contributed by atoms with Gasteiger partial charge in [-0.2, -0.15) is 0 Å². The molecule has 1 heterocycles. The lowest BCUT2D eigenvalue weighted by molar-refractivity contribution is -0.518. The van der Waals surface area contributed by atoms with E-state index in [4.69, 9.17) is 0 Å². The Balaban J connectivity index is 1.98. The summed E-state index contributed by atoms with van der Waals surface area (Å²) >= 11 is 0. The molecule has 2 rings (SSSR count). The molecule has 1 saturated carbocycles. The summed E-state index contributed by atoms with van der Waals surface area (Å²) < 4.78 is 0. The van der Waals surface area contributed by atoms with E-state index in [9.17, 15) is 10.1 Å².